The summed E-state index contributed by atoms with van der Waals surface area (Å²) in [6.45, 7) is 0.863. The Labute approximate surface area is 64.9 Å². The van der Waals surface area contributed by atoms with Crippen LogP contribution in [-0.2, 0) is 9.53 Å². The highest BCUT2D eigenvalue weighted by Gasteiger charge is 2.40. The SMILES string of the molecule is COC(=O)C1(F)CCCNC1. The van der Waals surface area contributed by atoms with Gasteiger partial charge in [-0.1, -0.05) is 0 Å². The molecule has 1 aliphatic heterocycles. The molecular weight excluding hydrogens is 149 g/mol. The maximum Gasteiger partial charge on any atom is 0.344 e. The van der Waals surface area contributed by atoms with Crippen LogP contribution in [0, 0.1) is 0 Å². The molecule has 11 heavy (non-hydrogen) atoms. The molecular formula is C7H12FNO2. The number of methoxy groups -OCH3 is 1. The number of ether oxygens (including phenoxy) is 1. The molecule has 64 valence electrons. The normalized spacial score (nSPS) is 31.5. The molecule has 3 nitrogen and oxygen atoms in total. The summed E-state index contributed by atoms with van der Waals surface area (Å²) in [4.78, 5) is 10.9. The third kappa shape index (κ3) is 1.68. The number of rotatable bonds is 1. The van der Waals surface area contributed by atoms with Crippen LogP contribution in [-0.4, -0.2) is 31.8 Å². The third-order valence-electron chi connectivity index (χ3n) is 1.88. The molecule has 1 rings (SSSR count). The highest BCUT2D eigenvalue weighted by Crippen LogP contribution is 2.21. The predicted molar refractivity (Wildman–Crippen MR) is 38.0 cm³/mol. The van der Waals surface area contributed by atoms with Crippen LogP contribution in [0.15, 0.2) is 0 Å². The molecule has 0 bridgehead atoms. The zero-order chi connectivity index (χ0) is 8.32. The summed E-state index contributed by atoms with van der Waals surface area (Å²) in [5.74, 6) is -0.760. The zero-order valence-electron chi connectivity index (χ0n) is 6.52. The summed E-state index contributed by atoms with van der Waals surface area (Å²) in [7, 11) is 1.21. The molecule has 1 fully saturated rings. The Hall–Kier alpha value is -0.640. The molecule has 0 aliphatic carbocycles. The van der Waals surface area contributed by atoms with Gasteiger partial charge < -0.3 is 10.1 Å². The van der Waals surface area contributed by atoms with Crippen LogP contribution in [0.1, 0.15) is 12.8 Å². The Kier molecular flexibility index (Phi) is 2.44. The molecule has 0 radical (unpaired) electrons. The molecule has 1 atom stereocenters. The van der Waals surface area contributed by atoms with E-state index in [9.17, 15) is 9.18 Å². The molecule has 0 aromatic heterocycles. The first kappa shape index (κ1) is 8.46. The van der Waals surface area contributed by atoms with Gasteiger partial charge in [-0.05, 0) is 19.4 Å². The minimum atomic E-state index is -1.78. The highest BCUT2D eigenvalue weighted by atomic mass is 19.1. The Morgan fingerprint density at radius 3 is 2.91 bits per heavy atom. The number of piperidine rings is 1. The van der Waals surface area contributed by atoms with Crippen molar-refractivity contribution in [2.75, 3.05) is 20.2 Å². The lowest BCUT2D eigenvalue weighted by Gasteiger charge is -2.26. The van der Waals surface area contributed by atoms with Gasteiger partial charge in [0.1, 0.15) is 0 Å². The van der Waals surface area contributed by atoms with Crippen molar-refractivity contribution in [3.63, 3.8) is 0 Å². The monoisotopic (exact) mass is 161 g/mol. The van der Waals surface area contributed by atoms with E-state index in [4.69, 9.17) is 0 Å². The second-order valence-electron chi connectivity index (χ2n) is 2.74. The number of hydrogen-bond acceptors (Lipinski definition) is 3. The van der Waals surface area contributed by atoms with E-state index in [2.05, 4.69) is 10.1 Å². The van der Waals surface area contributed by atoms with Crippen molar-refractivity contribution in [1.82, 2.24) is 5.32 Å². The van der Waals surface area contributed by atoms with Crippen molar-refractivity contribution >= 4 is 5.97 Å². The van der Waals surface area contributed by atoms with Gasteiger partial charge in [-0.2, -0.15) is 0 Å². The number of halogens is 1. The number of alkyl halides is 1. The summed E-state index contributed by atoms with van der Waals surface area (Å²) in [6, 6.07) is 0. The highest BCUT2D eigenvalue weighted by molar-refractivity contribution is 5.79. The van der Waals surface area contributed by atoms with E-state index in [1.807, 2.05) is 0 Å². The topological polar surface area (TPSA) is 38.3 Å². The first-order valence-corrected chi connectivity index (χ1v) is 3.67. The van der Waals surface area contributed by atoms with Crippen LogP contribution < -0.4 is 5.32 Å². The standard InChI is InChI=1S/C7H12FNO2/c1-11-6(10)7(8)3-2-4-9-5-7/h9H,2-5H2,1H3. The van der Waals surface area contributed by atoms with Crippen molar-refractivity contribution in [2.24, 2.45) is 0 Å². The lowest BCUT2D eigenvalue weighted by molar-refractivity contribution is -0.155. The van der Waals surface area contributed by atoms with Gasteiger partial charge in [0.15, 0.2) is 0 Å². The Balaban J connectivity index is 2.56. The number of carbonyl (C=O) groups is 1. The molecule has 1 aliphatic rings. The summed E-state index contributed by atoms with van der Waals surface area (Å²) in [5, 5.41) is 2.81. The maximum atomic E-state index is 13.4. The van der Waals surface area contributed by atoms with Crippen LogP contribution in [0.2, 0.25) is 0 Å². The van der Waals surface area contributed by atoms with E-state index in [-0.39, 0.29) is 13.0 Å². The summed E-state index contributed by atoms with van der Waals surface area (Å²) < 4.78 is 17.8. The van der Waals surface area contributed by atoms with Gasteiger partial charge >= 0.3 is 5.97 Å². The van der Waals surface area contributed by atoms with Gasteiger partial charge in [0.2, 0.25) is 5.67 Å². The fourth-order valence-electron chi connectivity index (χ4n) is 1.23. The zero-order valence-corrected chi connectivity index (χ0v) is 6.52. The number of esters is 1. The minimum Gasteiger partial charge on any atom is -0.467 e. The number of hydrogen-bond donors (Lipinski definition) is 1. The molecule has 1 unspecified atom stereocenters. The van der Waals surface area contributed by atoms with E-state index in [1.165, 1.54) is 7.11 Å². The smallest absolute Gasteiger partial charge is 0.344 e. The lowest BCUT2D eigenvalue weighted by Crippen LogP contribution is -2.48. The summed E-state index contributed by atoms with van der Waals surface area (Å²) in [6.07, 6.45) is 0.957. The van der Waals surface area contributed by atoms with Crippen molar-refractivity contribution in [2.45, 2.75) is 18.5 Å². The van der Waals surface area contributed by atoms with E-state index < -0.39 is 11.6 Å². The quantitative estimate of drug-likeness (QED) is 0.560. The first-order chi connectivity index (χ1) is 5.19. The van der Waals surface area contributed by atoms with Gasteiger partial charge in [0, 0.05) is 6.54 Å². The van der Waals surface area contributed by atoms with Crippen LogP contribution >= 0.6 is 0 Å². The molecule has 4 heteroatoms. The van der Waals surface area contributed by atoms with Crippen molar-refractivity contribution in [1.29, 1.82) is 0 Å². The summed E-state index contributed by atoms with van der Waals surface area (Å²) >= 11 is 0. The van der Waals surface area contributed by atoms with Crippen LogP contribution in [0.25, 0.3) is 0 Å². The van der Waals surface area contributed by atoms with Gasteiger partial charge in [0.25, 0.3) is 0 Å². The van der Waals surface area contributed by atoms with Gasteiger partial charge in [-0.25, -0.2) is 9.18 Å². The largest absolute Gasteiger partial charge is 0.467 e. The number of nitrogens with one attached hydrogen (secondary N) is 1. The van der Waals surface area contributed by atoms with E-state index >= 15 is 0 Å². The van der Waals surface area contributed by atoms with Crippen molar-refractivity contribution < 1.29 is 13.9 Å². The van der Waals surface area contributed by atoms with Crippen molar-refractivity contribution in [3.05, 3.63) is 0 Å². The number of carbonyl (C=O) groups excluding carboxylic acids is 1. The molecule has 1 heterocycles. The Bertz CT molecular complexity index is 155. The Morgan fingerprint density at radius 1 is 1.73 bits per heavy atom. The third-order valence-corrected chi connectivity index (χ3v) is 1.88. The van der Waals surface area contributed by atoms with Crippen molar-refractivity contribution in [3.8, 4) is 0 Å². The van der Waals surface area contributed by atoms with Crippen LogP contribution in [0.3, 0.4) is 0 Å². The Morgan fingerprint density at radius 2 is 2.45 bits per heavy atom. The molecule has 0 amide bonds. The minimum absolute atomic E-state index is 0.0830. The first-order valence-electron chi connectivity index (χ1n) is 3.67. The maximum absolute atomic E-state index is 13.4. The molecule has 0 aromatic carbocycles. The lowest BCUT2D eigenvalue weighted by atomic mass is 9.96. The molecule has 0 aromatic rings. The van der Waals surface area contributed by atoms with Gasteiger partial charge in [-0.3, -0.25) is 0 Å². The van der Waals surface area contributed by atoms with Crippen LogP contribution in [0.4, 0.5) is 4.39 Å². The van der Waals surface area contributed by atoms with E-state index in [0.29, 0.717) is 6.42 Å². The second-order valence-corrected chi connectivity index (χ2v) is 2.74. The molecule has 1 saturated heterocycles. The molecule has 0 spiro atoms. The summed E-state index contributed by atoms with van der Waals surface area (Å²) in [5.41, 5.74) is -1.78. The fraction of sp³-hybridized carbons (Fsp3) is 0.857. The molecule has 1 N–H and O–H groups in total. The van der Waals surface area contributed by atoms with Crippen LogP contribution in [0.5, 0.6) is 0 Å². The van der Waals surface area contributed by atoms with E-state index in [0.717, 1.165) is 6.54 Å². The fourth-order valence-corrected chi connectivity index (χ4v) is 1.23. The average molecular weight is 161 g/mol. The van der Waals surface area contributed by atoms with E-state index in [1.54, 1.807) is 0 Å². The van der Waals surface area contributed by atoms with Gasteiger partial charge in [0.05, 0.1) is 7.11 Å². The average Bonchev–Trinajstić information content (AvgIpc) is 2.04. The second kappa shape index (κ2) is 3.17. The van der Waals surface area contributed by atoms with Gasteiger partial charge in [-0.15, -0.1) is 0 Å². The molecule has 0 saturated carbocycles. The predicted octanol–water partition coefficient (Wildman–Crippen LogP) is 0.251.